The maximum Gasteiger partial charge on any atom is 0.267 e. The van der Waals surface area contributed by atoms with Crippen LogP contribution in [0.1, 0.15) is 84.0 Å². The third-order valence-corrected chi connectivity index (χ3v) is 5.05. The van der Waals surface area contributed by atoms with Crippen LogP contribution in [-0.4, -0.2) is 29.9 Å². The summed E-state index contributed by atoms with van der Waals surface area (Å²) in [5, 5.41) is 8.08. The first kappa shape index (κ1) is 19.9. The molecule has 0 aromatic rings. The second kappa shape index (κ2) is 12.6. The van der Waals surface area contributed by atoms with Crippen LogP contribution in [0.3, 0.4) is 0 Å². The molecule has 2 N–H and O–H groups in total. The lowest BCUT2D eigenvalue weighted by atomic mass is 10.0. The molecule has 0 amide bonds. The minimum Gasteiger partial charge on any atom is -0.396 e. The average Bonchev–Trinajstić information content (AvgIpc) is 2.38. The molecule has 0 aliphatic carbocycles. The van der Waals surface area contributed by atoms with E-state index in [0.29, 0.717) is 12.8 Å². The van der Waals surface area contributed by atoms with Gasteiger partial charge in [0.1, 0.15) is 0 Å². The van der Waals surface area contributed by atoms with Crippen molar-refractivity contribution in [3.63, 3.8) is 0 Å². The van der Waals surface area contributed by atoms with Crippen molar-refractivity contribution >= 4 is 10.1 Å². The minimum atomic E-state index is -3.89. The van der Waals surface area contributed by atoms with E-state index in [0.717, 1.165) is 64.2 Å². The molecular weight excluding hydrogens is 276 g/mol. The zero-order valence-electron chi connectivity index (χ0n) is 12.9. The third kappa shape index (κ3) is 11.7. The summed E-state index contributed by atoms with van der Waals surface area (Å²) in [4.78, 5) is 0. The van der Waals surface area contributed by atoms with Gasteiger partial charge in [0.15, 0.2) is 0 Å². The normalized spacial score (nSPS) is 13.6. The Bertz CT molecular complexity index is 301. The molecule has 20 heavy (non-hydrogen) atoms. The average molecular weight is 308 g/mol. The van der Waals surface area contributed by atoms with Gasteiger partial charge in [0.05, 0.1) is 5.25 Å². The summed E-state index contributed by atoms with van der Waals surface area (Å²) in [6, 6.07) is 0. The fourth-order valence-corrected chi connectivity index (χ4v) is 3.36. The van der Waals surface area contributed by atoms with Gasteiger partial charge in [0, 0.05) is 6.61 Å². The van der Waals surface area contributed by atoms with Gasteiger partial charge in [-0.1, -0.05) is 64.7 Å². The lowest BCUT2D eigenvalue weighted by Crippen LogP contribution is -2.20. The maximum atomic E-state index is 11.3. The van der Waals surface area contributed by atoms with Crippen LogP contribution < -0.4 is 0 Å². The number of rotatable bonds is 14. The molecule has 0 aromatic heterocycles. The number of hydrogen-bond donors (Lipinski definition) is 2. The zero-order chi connectivity index (χ0) is 15.3. The van der Waals surface area contributed by atoms with Gasteiger partial charge >= 0.3 is 0 Å². The Morgan fingerprint density at radius 3 is 1.70 bits per heavy atom. The first-order valence-electron chi connectivity index (χ1n) is 8.09. The molecule has 0 spiro atoms. The first-order chi connectivity index (χ1) is 9.52. The molecule has 0 radical (unpaired) electrons. The van der Waals surface area contributed by atoms with Crippen molar-refractivity contribution in [3.8, 4) is 0 Å². The van der Waals surface area contributed by atoms with Crippen LogP contribution in [0.2, 0.25) is 0 Å². The molecule has 0 bridgehead atoms. The number of unbranched alkanes of at least 4 members (excludes halogenated alkanes) is 8. The van der Waals surface area contributed by atoms with Crippen molar-refractivity contribution in [3.05, 3.63) is 0 Å². The summed E-state index contributed by atoms with van der Waals surface area (Å²) < 4.78 is 31.9. The van der Waals surface area contributed by atoms with E-state index in [1.54, 1.807) is 0 Å². The Balaban J connectivity index is 3.77. The number of hydrogen-bond acceptors (Lipinski definition) is 3. The predicted molar refractivity (Wildman–Crippen MR) is 83.5 cm³/mol. The lowest BCUT2D eigenvalue weighted by molar-refractivity contribution is 0.282. The van der Waals surface area contributed by atoms with Crippen molar-refractivity contribution in [2.75, 3.05) is 6.61 Å². The number of aliphatic hydroxyl groups excluding tert-OH is 1. The van der Waals surface area contributed by atoms with E-state index >= 15 is 0 Å². The fourth-order valence-electron chi connectivity index (χ4n) is 2.43. The molecule has 5 heteroatoms. The van der Waals surface area contributed by atoms with E-state index in [4.69, 9.17) is 5.11 Å². The Morgan fingerprint density at radius 1 is 0.800 bits per heavy atom. The van der Waals surface area contributed by atoms with Crippen LogP contribution in [0.4, 0.5) is 0 Å². The fraction of sp³-hybridized carbons (Fsp3) is 1.00. The van der Waals surface area contributed by atoms with Crippen LogP contribution >= 0.6 is 0 Å². The molecule has 0 saturated heterocycles. The summed E-state index contributed by atoms with van der Waals surface area (Å²) in [5.74, 6) is 0. The van der Waals surface area contributed by atoms with Crippen LogP contribution in [0.25, 0.3) is 0 Å². The van der Waals surface area contributed by atoms with E-state index in [1.165, 1.54) is 0 Å². The van der Waals surface area contributed by atoms with Crippen LogP contribution in [0.5, 0.6) is 0 Å². The van der Waals surface area contributed by atoms with Gasteiger partial charge < -0.3 is 5.11 Å². The molecule has 0 saturated carbocycles. The van der Waals surface area contributed by atoms with Crippen molar-refractivity contribution < 1.29 is 18.1 Å². The van der Waals surface area contributed by atoms with Gasteiger partial charge in [-0.25, -0.2) is 0 Å². The quantitative estimate of drug-likeness (QED) is 0.376. The Morgan fingerprint density at radius 2 is 1.25 bits per heavy atom. The molecule has 0 fully saturated rings. The highest BCUT2D eigenvalue weighted by Gasteiger charge is 2.21. The molecule has 1 atom stereocenters. The number of aliphatic hydroxyl groups is 1. The van der Waals surface area contributed by atoms with Gasteiger partial charge in [0.2, 0.25) is 0 Å². The third-order valence-electron chi connectivity index (χ3n) is 3.74. The first-order valence-corrected chi connectivity index (χ1v) is 9.59. The molecular formula is C15H32O4S. The molecule has 0 rings (SSSR count). The SMILES string of the molecule is CCCCCCC(CCCCCCCCO)S(=O)(=O)O. The second-order valence-electron chi connectivity index (χ2n) is 5.62. The summed E-state index contributed by atoms with van der Waals surface area (Å²) in [6.07, 6.45) is 11.3. The standard InChI is InChI=1S/C15H32O4S/c1-2-3-4-9-12-15(20(17,18)19)13-10-7-5-6-8-11-14-16/h15-16H,2-14H2,1H3,(H,17,18,19). The predicted octanol–water partition coefficient (Wildman–Crippen LogP) is 3.94. The Hall–Kier alpha value is -0.130. The topological polar surface area (TPSA) is 74.6 Å². The maximum absolute atomic E-state index is 11.3. The van der Waals surface area contributed by atoms with E-state index in [-0.39, 0.29) is 6.61 Å². The monoisotopic (exact) mass is 308 g/mol. The van der Waals surface area contributed by atoms with Crippen molar-refractivity contribution in [1.29, 1.82) is 0 Å². The smallest absolute Gasteiger partial charge is 0.267 e. The van der Waals surface area contributed by atoms with Crippen molar-refractivity contribution in [2.24, 2.45) is 0 Å². The van der Waals surface area contributed by atoms with Crippen molar-refractivity contribution in [1.82, 2.24) is 0 Å². The zero-order valence-corrected chi connectivity index (χ0v) is 13.7. The highest BCUT2D eigenvalue weighted by molar-refractivity contribution is 7.86. The van der Waals surface area contributed by atoms with Gasteiger partial charge in [-0.2, -0.15) is 8.42 Å². The molecule has 0 aromatic carbocycles. The molecule has 0 aliphatic rings. The Labute approximate surface area is 124 Å². The summed E-state index contributed by atoms with van der Waals surface area (Å²) in [5.41, 5.74) is 0. The van der Waals surface area contributed by atoms with E-state index in [9.17, 15) is 13.0 Å². The van der Waals surface area contributed by atoms with Crippen LogP contribution in [-0.2, 0) is 10.1 Å². The van der Waals surface area contributed by atoms with Gasteiger partial charge in [0.25, 0.3) is 10.1 Å². The van der Waals surface area contributed by atoms with E-state index in [2.05, 4.69) is 6.92 Å². The largest absolute Gasteiger partial charge is 0.396 e. The summed E-state index contributed by atoms with van der Waals surface area (Å²) in [7, 11) is -3.89. The highest BCUT2D eigenvalue weighted by Crippen LogP contribution is 2.18. The highest BCUT2D eigenvalue weighted by atomic mass is 32.2. The summed E-state index contributed by atoms with van der Waals surface area (Å²) in [6.45, 7) is 2.37. The van der Waals surface area contributed by atoms with Crippen LogP contribution in [0.15, 0.2) is 0 Å². The molecule has 4 nitrogen and oxygen atoms in total. The van der Waals surface area contributed by atoms with Gasteiger partial charge in [-0.05, 0) is 19.3 Å². The van der Waals surface area contributed by atoms with Crippen molar-refractivity contribution in [2.45, 2.75) is 89.2 Å². The summed E-state index contributed by atoms with van der Waals surface area (Å²) >= 11 is 0. The molecule has 0 aliphatic heterocycles. The molecule has 1 unspecified atom stereocenters. The second-order valence-corrected chi connectivity index (χ2v) is 7.32. The van der Waals surface area contributed by atoms with E-state index in [1.807, 2.05) is 0 Å². The lowest BCUT2D eigenvalue weighted by Gasteiger charge is -2.13. The molecule has 0 heterocycles. The van der Waals surface area contributed by atoms with Gasteiger partial charge in [-0.15, -0.1) is 0 Å². The minimum absolute atomic E-state index is 0.253. The Kier molecular flexibility index (Phi) is 12.5. The van der Waals surface area contributed by atoms with Crippen LogP contribution in [0, 0.1) is 0 Å². The van der Waals surface area contributed by atoms with E-state index < -0.39 is 15.4 Å². The molecule has 122 valence electrons. The van der Waals surface area contributed by atoms with Gasteiger partial charge in [-0.3, -0.25) is 4.55 Å².